The molecule has 1 aromatic carbocycles. The molecule has 3 rings (SSSR count). The van der Waals surface area contributed by atoms with Gasteiger partial charge in [-0.05, 0) is 30.5 Å². The number of hydrogen-bond donors (Lipinski definition) is 2. The summed E-state index contributed by atoms with van der Waals surface area (Å²) in [6.07, 6.45) is 2.08. The topological polar surface area (TPSA) is 57.8 Å². The molecule has 21 heavy (non-hydrogen) atoms. The van der Waals surface area contributed by atoms with Crippen molar-refractivity contribution in [2.45, 2.75) is 13.3 Å². The molecule has 0 unspecified atom stereocenters. The molecular formula is C16H15N3OS. The second-order valence-corrected chi connectivity index (χ2v) is 5.79. The number of aromatic amines is 1. The normalized spacial score (nSPS) is 10.5. The summed E-state index contributed by atoms with van der Waals surface area (Å²) in [4.78, 5) is 20.4. The average Bonchev–Trinajstić information content (AvgIpc) is 3.10. The van der Waals surface area contributed by atoms with Crippen LogP contribution >= 0.6 is 11.3 Å². The van der Waals surface area contributed by atoms with Gasteiger partial charge in [0.2, 0.25) is 5.91 Å². The highest BCUT2D eigenvalue weighted by Gasteiger charge is 2.08. The first-order valence-corrected chi connectivity index (χ1v) is 7.53. The van der Waals surface area contributed by atoms with Gasteiger partial charge in [-0.3, -0.25) is 4.79 Å². The van der Waals surface area contributed by atoms with Crippen LogP contribution in [-0.4, -0.2) is 15.9 Å². The highest BCUT2D eigenvalue weighted by atomic mass is 32.1. The number of rotatable bonds is 4. The number of aromatic nitrogens is 2. The molecule has 2 aromatic heterocycles. The molecule has 0 saturated heterocycles. The number of amides is 1. The molecule has 106 valence electrons. The van der Waals surface area contributed by atoms with Gasteiger partial charge in [-0.1, -0.05) is 18.2 Å². The third-order valence-corrected chi connectivity index (χ3v) is 4.04. The van der Waals surface area contributed by atoms with Gasteiger partial charge in [-0.2, -0.15) is 0 Å². The standard InChI is InChI=1S/C16H15N3OS/c1-11-16(18-10-17-11)12-4-2-5-13(8-12)19-15(20)9-14-6-3-7-21-14/h2-8,10H,9H2,1H3,(H,17,18)(H,19,20). The molecule has 0 aliphatic heterocycles. The first-order valence-electron chi connectivity index (χ1n) is 6.65. The van der Waals surface area contributed by atoms with Crippen LogP contribution in [0.4, 0.5) is 5.69 Å². The SMILES string of the molecule is Cc1[nH]cnc1-c1cccc(NC(=O)Cc2cccs2)c1. The minimum Gasteiger partial charge on any atom is -0.348 e. The van der Waals surface area contributed by atoms with Crippen molar-refractivity contribution in [3.8, 4) is 11.3 Å². The first-order chi connectivity index (χ1) is 10.2. The summed E-state index contributed by atoms with van der Waals surface area (Å²) in [7, 11) is 0. The summed E-state index contributed by atoms with van der Waals surface area (Å²) in [5.74, 6) is -0.00616. The van der Waals surface area contributed by atoms with Crippen LogP contribution in [0.15, 0.2) is 48.1 Å². The molecule has 0 fully saturated rings. The van der Waals surface area contributed by atoms with Gasteiger partial charge in [0.1, 0.15) is 0 Å². The average molecular weight is 297 g/mol. The van der Waals surface area contributed by atoms with Crippen LogP contribution in [0.5, 0.6) is 0 Å². The highest BCUT2D eigenvalue weighted by molar-refractivity contribution is 7.10. The second-order valence-electron chi connectivity index (χ2n) is 4.76. The van der Waals surface area contributed by atoms with Gasteiger partial charge in [0.25, 0.3) is 0 Å². The van der Waals surface area contributed by atoms with E-state index in [0.717, 1.165) is 27.5 Å². The van der Waals surface area contributed by atoms with Crippen molar-refractivity contribution in [1.82, 2.24) is 9.97 Å². The molecule has 0 radical (unpaired) electrons. The maximum atomic E-state index is 12.0. The fourth-order valence-corrected chi connectivity index (χ4v) is 2.87. The Morgan fingerprint density at radius 2 is 2.24 bits per heavy atom. The molecule has 0 atom stereocenters. The lowest BCUT2D eigenvalue weighted by Gasteiger charge is -2.06. The van der Waals surface area contributed by atoms with Crippen molar-refractivity contribution in [2.75, 3.05) is 5.32 Å². The molecule has 0 aliphatic carbocycles. The third kappa shape index (κ3) is 3.20. The fourth-order valence-electron chi connectivity index (χ4n) is 2.17. The summed E-state index contributed by atoms with van der Waals surface area (Å²) in [6, 6.07) is 11.7. The van der Waals surface area contributed by atoms with Gasteiger partial charge in [0.05, 0.1) is 18.4 Å². The molecule has 2 heterocycles. The molecule has 0 spiro atoms. The van der Waals surface area contributed by atoms with E-state index in [1.807, 2.05) is 48.7 Å². The van der Waals surface area contributed by atoms with E-state index in [2.05, 4.69) is 15.3 Å². The highest BCUT2D eigenvalue weighted by Crippen LogP contribution is 2.23. The Bertz CT molecular complexity index is 746. The Morgan fingerprint density at radius 3 is 2.95 bits per heavy atom. The number of imidazole rings is 1. The molecule has 0 bridgehead atoms. The predicted octanol–water partition coefficient (Wildman–Crippen LogP) is 3.63. The number of carbonyl (C=O) groups excluding carboxylic acids is 1. The maximum Gasteiger partial charge on any atom is 0.229 e. The Morgan fingerprint density at radius 1 is 1.33 bits per heavy atom. The number of anilines is 1. The van der Waals surface area contributed by atoms with E-state index in [1.54, 1.807) is 17.7 Å². The zero-order valence-corrected chi connectivity index (χ0v) is 12.4. The Balaban J connectivity index is 1.74. The predicted molar refractivity (Wildman–Crippen MR) is 85.4 cm³/mol. The molecular weight excluding hydrogens is 282 g/mol. The van der Waals surface area contributed by atoms with E-state index in [-0.39, 0.29) is 5.91 Å². The van der Waals surface area contributed by atoms with Gasteiger partial charge in [-0.25, -0.2) is 4.98 Å². The fraction of sp³-hybridized carbons (Fsp3) is 0.125. The van der Waals surface area contributed by atoms with Crippen LogP contribution in [0.25, 0.3) is 11.3 Å². The van der Waals surface area contributed by atoms with E-state index >= 15 is 0 Å². The van der Waals surface area contributed by atoms with Crippen LogP contribution in [0.3, 0.4) is 0 Å². The number of thiophene rings is 1. The Labute approximate surface area is 126 Å². The van der Waals surface area contributed by atoms with E-state index in [1.165, 1.54) is 0 Å². The number of carbonyl (C=O) groups is 1. The van der Waals surface area contributed by atoms with E-state index in [9.17, 15) is 4.79 Å². The lowest BCUT2D eigenvalue weighted by molar-refractivity contribution is -0.115. The maximum absolute atomic E-state index is 12.0. The van der Waals surface area contributed by atoms with E-state index in [4.69, 9.17) is 0 Å². The lowest BCUT2D eigenvalue weighted by atomic mass is 10.1. The molecule has 2 N–H and O–H groups in total. The van der Waals surface area contributed by atoms with E-state index < -0.39 is 0 Å². The quantitative estimate of drug-likeness (QED) is 0.772. The van der Waals surface area contributed by atoms with Crippen LogP contribution < -0.4 is 5.32 Å². The van der Waals surface area contributed by atoms with Crippen LogP contribution in [0.2, 0.25) is 0 Å². The molecule has 0 aliphatic rings. The minimum absolute atomic E-state index is 0.00616. The van der Waals surface area contributed by atoms with Crippen LogP contribution in [-0.2, 0) is 11.2 Å². The lowest BCUT2D eigenvalue weighted by Crippen LogP contribution is -2.13. The number of H-pyrrole nitrogens is 1. The summed E-state index contributed by atoms with van der Waals surface area (Å²) in [5, 5.41) is 4.91. The smallest absolute Gasteiger partial charge is 0.229 e. The van der Waals surface area contributed by atoms with Crippen molar-refractivity contribution in [3.63, 3.8) is 0 Å². The van der Waals surface area contributed by atoms with Crippen molar-refractivity contribution in [3.05, 3.63) is 58.7 Å². The molecule has 4 nitrogen and oxygen atoms in total. The van der Waals surface area contributed by atoms with Gasteiger partial charge < -0.3 is 10.3 Å². The zero-order chi connectivity index (χ0) is 14.7. The number of benzene rings is 1. The Kier molecular flexibility index (Phi) is 3.83. The number of hydrogen-bond acceptors (Lipinski definition) is 3. The first kappa shape index (κ1) is 13.6. The molecule has 1 amide bonds. The molecule has 0 saturated carbocycles. The van der Waals surface area contributed by atoms with Gasteiger partial charge >= 0.3 is 0 Å². The molecule has 5 heteroatoms. The summed E-state index contributed by atoms with van der Waals surface area (Å²) >= 11 is 1.59. The van der Waals surface area contributed by atoms with Crippen molar-refractivity contribution in [2.24, 2.45) is 0 Å². The summed E-state index contributed by atoms with van der Waals surface area (Å²) in [5.41, 5.74) is 3.69. The summed E-state index contributed by atoms with van der Waals surface area (Å²) in [6.45, 7) is 1.98. The van der Waals surface area contributed by atoms with Gasteiger partial charge in [0, 0.05) is 21.8 Å². The van der Waals surface area contributed by atoms with Crippen LogP contribution in [0.1, 0.15) is 10.6 Å². The van der Waals surface area contributed by atoms with E-state index in [0.29, 0.717) is 6.42 Å². The van der Waals surface area contributed by atoms with Gasteiger partial charge in [-0.15, -0.1) is 11.3 Å². The van der Waals surface area contributed by atoms with Crippen molar-refractivity contribution >= 4 is 22.9 Å². The van der Waals surface area contributed by atoms with Crippen molar-refractivity contribution < 1.29 is 4.79 Å². The number of nitrogens with one attached hydrogen (secondary N) is 2. The van der Waals surface area contributed by atoms with Crippen molar-refractivity contribution in [1.29, 1.82) is 0 Å². The molecule has 3 aromatic rings. The second kappa shape index (κ2) is 5.93. The van der Waals surface area contributed by atoms with Gasteiger partial charge in [0.15, 0.2) is 0 Å². The zero-order valence-electron chi connectivity index (χ0n) is 11.6. The monoisotopic (exact) mass is 297 g/mol. The van der Waals surface area contributed by atoms with Crippen LogP contribution in [0, 0.1) is 6.92 Å². The number of nitrogens with zero attached hydrogens (tertiary/aromatic N) is 1. The number of aryl methyl sites for hydroxylation is 1. The largest absolute Gasteiger partial charge is 0.348 e. The Hall–Kier alpha value is -2.40. The third-order valence-electron chi connectivity index (χ3n) is 3.16. The summed E-state index contributed by atoms with van der Waals surface area (Å²) < 4.78 is 0. The minimum atomic E-state index is -0.00616.